The van der Waals surface area contributed by atoms with Crippen LogP contribution in [0.25, 0.3) is 16.7 Å². The van der Waals surface area contributed by atoms with E-state index in [-0.39, 0.29) is 5.41 Å². The molecule has 0 bridgehead atoms. The van der Waals surface area contributed by atoms with Crippen molar-refractivity contribution < 1.29 is 0 Å². The van der Waals surface area contributed by atoms with E-state index in [2.05, 4.69) is 97.3 Å². The molecule has 0 fully saturated rings. The van der Waals surface area contributed by atoms with Crippen LogP contribution in [0, 0.1) is 25.2 Å². The molecule has 0 amide bonds. The Kier molecular flexibility index (Phi) is 11.9. The topological polar surface area (TPSA) is 74.8 Å². The molecule has 3 N–H and O–H groups in total. The minimum atomic E-state index is -0.0631. The highest BCUT2D eigenvalue weighted by Gasteiger charge is 2.16. The first kappa shape index (κ1) is 32.3. The van der Waals surface area contributed by atoms with Crippen molar-refractivity contribution in [2.45, 2.75) is 41.0 Å². The lowest BCUT2D eigenvalue weighted by molar-refractivity contribution is 0.509. The zero-order chi connectivity index (χ0) is 30.6. The van der Waals surface area contributed by atoms with Crippen molar-refractivity contribution in [1.82, 2.24) is 20.3 Å². The molecule has 3 heterocycles. The maximum Gasteiger partial charge on any atom is 0.0604 e. The van der Waals surface area contributed by atoms with Gasteiger partial charge in [-0.2, -0.15) is 0 Å². The number of anilines is 2. The van der Waals surface area contributed by atoms with Crippen molar-refractivity contribution in [3.05, 3.63) is 121 Å². The molecule has 3 rings (SSSR count). The Labute approximate surface area is 246 Å². The molecule has 0 unspecified atom stereocenters. The number of pyridine rings is 3. The summed E-state index contributed by atoms with van der Waals surface area (Å²) in [6, 6.07) is 6.00. The van der Waals surface area contributed by atoms with Crippen LogP contribution in [-0.2, 0) is 0 Å². The predicted molar refractivity (Wildman–Crippen MR) is 176 cm³/mol. The van der Waals surface area contributed by atoms with Crippen LogP contribution in [-0.4, -0.2) is 22.0 Å². The lowest BCUT2D eigenvalue weighted by Gasteiger charge is -2.23. The number of likely N-dealkylation sites (N-methyl/N-ethyl adjacent to an activating group) is 1. The number of rotatable bonds is 11. The average molecular weight is 547 g/mol. The fourth-order valence-corrected chi connectivity index (χ4v) is 3.98. The predicted octanol–water partition coefficient (Wildman–Crippen LogP) is 8.15. The summed E-state index contributed by atoms with van der Waals surface area (Å²) in [6.45, 7) is 23.3. The molecule has 0 aromatic carbocycles. The van der Waals surface area contributed by atoms with E-state index in [0.717, 1.165) is 61.9 Å². The maximum atomic E-state index is 4.45. The molecule has 0 spiro atoms. The van der Waals surface area contributed by atoms with E-state index in [1.807, 2.05) is 63.0 Å². The van der Waals surface area contributed by atoms with E-state index < -0.39 is 0 Å². The van der Waals surface area contributed by atoms with Gasteiger partial charge >= 0.3 is 0 Å². The van der Waals surface area contributed by atoms with Crippen molar-refractivity contribution in [2.24, 2.45) is 5.41 Å². The summed E-state index contributed by atoms with van der Waals surface area (Å²) < 4.78 is 0. The van der Waals surface area contributed by atoms with Gasteiger partial charge in [0.15, 0.2) is 0 Å². The van der Waals surface area contributed by atoms with Gasteiger partial charge in [-0.05, 0) is 48.8 Å². The smallest absolute Gasteiger partial charge is 0.0604 e. The van der Waals surface area contributed by atoms with Crippen molar-refractivity contribution in [1.29, 1.82) is 0 Å². The zero-order valence-corrected chi connectivity index (χ0v) is 25.2. The van der Waals surface area contributed by atoms with Gasteiger partial charge in [0, 0.05) is 77.5 Å². The monoisotopic (exact) mass is 546 g/mol. The molecule has 3 aromatic heterocycles. The second-order valence-electron chi connectivity index (χ2n) is 10.5. The largest absolute Gasteiger partial charge is 0.388 e. The first-order valence-electron chi connectivity index (χ1n) is 13.3. The first-order chi connectivity index (χ1) is 19.5. The number of nitrogens with one attached hydrogen (secondary N) is 3. The van der Waals surface area contributed by atoms with Crippen LogP contribution < -0.4 is 16.0 Å². The lowest BCUT2D eigenvalue weighted by Crippen LogP contribution is -2.15. The SMILES string of the molecule is C#C.C=C(CC(=C/C(=C)c1cncc(NC(=C)C(C)(C)C)c1)/C(=C\C)NC)Nc1cncc(-c2cccnc2)c1C. The van der Waals surface area contributed by atoms with Crippen LogP contribution in [0.3, 0.4) is 0 Å². The molecule has 3 aromatic rings. The quantitative estimate of drug-likeness (QED) is 0.166. The number of hydrogen-bond acceptors (Lipinski definition) is 6. The van der Waals surface area contributed by atoms with Crippen LogP contribution in [0.2, 0.25) is 0 Å². The summed E-state index contributed by atoms with van der Waals surface area (Å²) in [5, 5.41) is 10.2. The maximum absolute atomic E-state index is 4.45. The summed E-state index contributed by atoms with van der Waals surface area (Å²) in [5.41, 5.74) is 10.5. The number of aromatic nitrogens is 3. The highest BCUT2D eigenvalue weighted by molar-refractivity contribution is 5.76. The molecule has 0 saturated heterocycles. The van der Waals surface area contributed by atoms with Crippen molar-refractivity contribution in [3.8, 4) is 24.0 Å². The van der Waals surface area contributed by atoms with E-state index in [1.165, 1.54) is 0 Å². The highest BCUT2D eigenvalue weighted by Crippen LogP contribution is 2.30. The molecule has 0 atom stereocenters. The summed E-state index contributed by atoms with van der Waals surface area (Å²) in [4.78, 5) is 13.1. The lowest BCUT2D eigenvalue weighted by atomic mass is 9.93. The van der Waals surface area contributed by atoms with Crippen LogP contribution >= 0.6 is 0 Å². The third-order valence-electron chi connectivity index (χ3n) is 6.47. The third kappa shape index (κ3) is 9.08. The fourth-order valence-electron chi connectivity index (χ4n) is 3.98. The standard InChI is InChI=1S/C33H40N6.C2H2/c1-10-31(34-9)27(14-22(2)28-16-29(19-36-18-28)39-25(5)33(6,7)8)15-23(3)38-32-21-37-20-30(24(32)4)26-12-11-13-35-17-26;1-2/h10-14,16-21,34,38-39H,2-3,5,15H2,1,4,6-9H3;1-2H/b27-14-,31-10+;. The Morgan fingerprint density at radius 3 is 2.29 bits per heavy atom. The molecule has 0 aliphatic carbocycles. The van der Waals surface area contributed by atoms with Crippen molar-refractivity contribution in [3.63, 3.8) is 0 Å². The summed E-state index contributed by atoms with van der Waals surface area (Å²) >= 11 is 0. The summed E-state index contributed by atoms with van der Waals surface area (Å²) in [6.07, 6.45) is 23.6. The van der Waals surface area contributed by atoms with Gasteiger partial charge in [-0.15, -0.1) is 12.8 Å². The minimum Gasteiger partial charge on any atom is -0.388 e. The van der Waals surface area contributed by atoms with Gasteiger partial charge in [0.2, 0.25) is 0 Å². The van der Waals surface area contributed by atoms with Gasteiger partial charge in [0.1, 0.15) is 0 Å². The molecule has 41 heavy (non-hydrogen) atoms. The van der Waals surface area contributed by atoms with E-state index >= 15 is 0 Å². The second-order valence-corrected chi connectivity index (χ2v) is 10.5. The molecule has 212 valence electrons. The number of allylic oxidation sites excluding steroid dienone is 6. The molecule has 0 aliphatic rings. The minimum absolute atomic E-state index is 0.0631. The Morgan fingerprint density at radius 1 is 0.976 bits per heavy atom. The second kappa shape index (κ2) is 15.0. The van der Waals surface area contributed by atoms with E-state index in [1.54, 1.807) is 12.4 Å². The number of hydrogen-bond donors (Lipinski definition) is 3. The van der Waals surface area contributed by atoms with Gasteiger partial charge in [-0.1, -0.05) is 52.7 Å². The molecule has 6 nitrogen and oxygen atoms in total. The Hall–Kier alpha value is -4.89. The van der Waals surface area contributed by atoms with Gasteiger partial charge in [-0.3, -0.25) is 15.0 Å². The van der Waals surface area contributed by atoms with Gasteiger partial charge in [-0.25, -0.2) is 0 Å². The Bertz CT molecular complexity index is 1450. The molecule has 0 radical (unpaired) electrons. The zero-order valence-electron chi connectivity index (χ0n) is 25.2. The number of nitrogens with zero attached hydrogens (tertiary/aromatic N) is 3. The van der Waals surface area contributed by atoms with E-state index in [9.17, 15) is 0 Å². The normalized spacial score (nSPS) is 11.5. The third-order valence-corrected chi connectivity index (χ3v) is 6.47. The molecule has 6 heteroatoms. The van der Waals surface area contributed by atoms with Crippen LogP contribution in [0.15, 0.2) is 110 Å². The van der Waals surface area contributed by atoms with Crippen LogP contribution in [0.4, 0.5) is 11.4 Å². The molecular weight excluding hydrogens is 504 g/mol. The summed E-state index contributed by atoms with van der Waals surface area (Å²) in [5.74, 6) is 0. The molecular formula is C35H42N6. The summed E-state index contributed by atoms with van der Waals surface area (Å²) in [7, 11) is 1.91. The van der Waals surface area contributed by atoms with Gasteiger partial charge in [0.25, 0.3) is 0 Å². The van der Waals surface area contributed by atoms with Crippen molar-refractivity contribution >= 4 is 16.9 Å². The number of terminal acetylenes is 1. The van der Waals surface area contributed by atoms with Gasteiger partial charge in [0.05, 0.1) is 23.8 Å². The van der Waals surface area contributed by atoms with E-state index in [0.29, 0.717) is 6.42 Å². The average Bonchev–Trinajstić information content (AvgIpc) is 2.96. The van der Waals surface area contributed by atoms with Gasteiger partial charge < -0.3 is 16.0 Å². The highest BCUT2D eigenvalue weighted by atomic mass is 14.9. The van der Waals surface area contributed by atoms with E-state index in [4.69, 9.17) is 0 Å². The first-order valence-corrected chi connectivity index (χ1v) is 13.3. The van der Waals surface area contributed by atoms with Crippen LogP contribution in [0.5, 0.6) is 0 Å². The van der Waals surface area contributed by atoms with Crippen LogP contribution in [0.1, 0.15) is 45.2 Å². The molecule has 0 aliphatic heterocycles. The Balaban J connectivity index is 0.00000287. The van der Waals surface area contributed by atoms with Crippen molar-refractivity contribution in [2.75, 3.05) is 17.7 Å². The molecule has 0 saturated carbocycles. The Morgan fingerprint density at radius 2 is 1.68 bits per heavy atom. The fraction of sp³-hybridized carbons (Fsp3) is 0.229.